The van der Waals surface area contributed by atoms with Crippen molar-refractivity contribution in [3.8, 4) is 11.5 Å². The van der Waals surface area contributed by atoms with E-state index in [0.717, 1.165) is 11.1 Å². The molecule has 0 heterocycles. The lowest BCUT2D eigenvalue weighted by molar-refractivity contribution is -0.384. The third-order valence-corrected chi connectivity index (χ3v) is 4.90. The van der Waals surface area contributed by atoms with Gasteiger partial charge in [0.15, 0.2) is 11.5 Å². The van der Waals surface area contributed by atoms with Crippen molar-refractivity contribution in [3.63, 3.8) is 0 Å². The van der Waals surface area contributed by atoms with Gasteiger partial charge in [0.05, 0.1) is 16.5 Å². The minimum Gasteiger partial charge on any atom is -0.493 e. The molecule has 0 bridgehead atoms. The number of hydrogen-bond donors (Lipinski definition) is 1. The Morgan fingerprint density at radius 1 is 1.13 bits per heavy atom. The van der Waals surface area contributed by atoms with Crippen LogP contribution < -0.4 is 14.8 Å². The van der Waals surface area contributed by atoms with Gasteiger partial charge in [-0.05, 0) is 46.6 Å². The molecule has 0 aliphatic rings. The van der Waals surface area contributed by atoms with E-state index in [1.165, 1.54) is 25.3 Å². The summed E-state index contributed by atoms with van der Waals surface area (Å²) in [7, 11) is 1.49. The van der Waals surface area contributed by atoms with E-state index in [1.54, 1.807) is 18.2 Å². The van der Waals surface area contributed by atoms with Crippen LogP contribution in [-0.4, -0.2) is 17.9 Å². The number of halogens is 1. The maximum atomic E-state index is 12.6. The Labute approximate surface area is 181 Å². The lowest BCUT2D eigenvalue weighted by Crippen LogP contribution is -2.12. The molecule has 0 fully saturated rings. The number of nitro benzene ring substituents is 1. The Balaban J connectivity index is 1.78. The Morgan fingerprint density at radius 3 is 2.53 bits per heavy atom. The van der Waals surface area contributed by atoms with Crippen LogP contribution in [0.5, 0.6) is 11.5 Å². The second-order valence-corrected chi connectivity index (χ2v) is 7.38. The van der Waals surface area contributed by atoms with Crippen LogP contribution in [0.3, 0.4) is 0 Å². The molecule has 3 rings (SSSR count). The van der Waals surface area contributed by atoms with Gasteiger partial charge in [-0.2, -0.15) is 0 Å². The van der Waals surface area contributed by atoms with Crippen molar-refractivity contribution in [2.24, 2.45) is 0 Å². The summed E-state index contributed by atoms with van der Waals surface area (Å²) in [6.07, 6.45) is 0. The summed E-state index contributed by atoms with van der Waals surface area (Å²) in [5.41, 5.74) is 2.70. The second kappa shape index (κ2) is 9.41. The monoisotopic (exact) mass is 470 g/mol. The van der Waals surface area contributed by atoms with Gasteiger partial charge < -0.3 is 14.8 Å². The lowest BCUT2D eigenvalue weighted by Gasteiger charge is -2.15. The minimum atomic E-state index is -0.518. The van der Waals surface area contributed by atoms with Gasteiger partial charge >= 0.3 is 0 Å². The third kappa shape index (κ3) is 5.15. The van der Waals surface area contributed by atoms with Crippen LogP contribution in [0.2, 0.25) is 0 Å². The maximum Gasteiger partial charge on any atom is 0.271 e. The molecule has 8 heteroatoms. The Kier molecular flexibility index (Phi) is 6.68. The molecule has 0 aromatic heterocycles. The highest BCUT2D eigenvalue weighted by Gasteiger charge is 2.17. The fourth-order valence-corrected chi connectivity index (χ4v) is 3.29. The van der Waals surface area contributed by atoms with E-state index in [-0.39, 0.29) is 5.69 Å². The Bertz CT molecular complexity index is 1080. The van der Waals surface area contributed by atoms with Crippen LogP contribution in [0.1, 0.15) is 21.5 Å². The van der Waals surface area contributed by atoms with E-state index >= 15 is 0 Å². The average Bonchev–Trinajstić information content (AvgIpc) is 2.73. The van der Waals surface area contributed by atoms with Crippen LogP contribution in [-0.2, 0) is 6.61 Å². The molecule has 0 unspecified atom stereocenters. The number of nitro groups is 1. The van der Waals surface area contributed by atoms with Gasteiger partial charge in [-0.3, -0.25) is 14.9 Å². The Hall–Kier alpha value is -3.39. The van der Waals surface area contributed by atoms with Gasteiger partial charge in [0.2, 0.25) is 0 Å². The lowest BCUT2D eigenvalue weighted by atomic mass is 10.1. The molecule has 0 radical (unpaired) electrons. The van der Waals surface area contributed by atoms with E-state index < -0.39 is 10.8 Å². The molecule has 0 spiro atoms. The van der Waals surface area contributed by atoms with Crippen LogP contribution in [0.4, 0.5) is 11.4 Å². The molecule has 1 N–H and O–H groups in total. The van der Waals surface area contributed by atoms with Gasteiger partial charge in [-0.25, -0.2) is 0 Å². The highest BCUT2D eigenvalue weighted by molar-refractivity contribution is 9.10. The molecular weight excluding hydrogens is 452 g/mol. The first-order valence-electron chi connectivity index (χ1n) is 8.99. The van der Waals surface area contributed by atoms with Gasteiger partial charge in [-0.15, -0.1) is 0 Å². The SMILES string of the molecule is COc1cc(C(=O)Nc2cccc([N+](=O)[O-])c2)cc(Br)c1OCc1ccc(C)cc1. The van der Waals surface area contributed by atoms with Crippen molar-refractivity contribution >= 4 is 33.2 Å². The number of rotatable bonds is 7. The quantitative estimate of drug-likeness (QED) is 0.363. The topological polar surface area (TPSA) is 90.7 Å². The van der Waals surface area contributed by atoms with E-state index in [9.17, 15) is 14.9 Å². The number of methoxy groups -OCH3 is 1. The molecule has 0 saturated heterocycles. The molecule has 0 aliphatic carbocycles. The van der Waals surface area contributed by atoms with Crippen molar-refractivity contribution in [1.29, 1.82) is 0 Å². The summed E-state index contributed by atoms with van der Waals surface area (Å²) in [5.74, 6) is 0.435. The molecule has 0 aliphatic heterocycles. The predicted octanol–water partition coefficient (Wildman–Crippen LogP) is 5.51. The number of aryl methyl sites for hydroxylation is 1. The largest absolute Gasteiger partial charge is 0.493 e. The van der Waals surface area contributed by atoms with Crippen LogP contribution in [0, 0.1) is 17.0 Å². The zero-order valence-corrected chi connectivity index (χ0v) is 17.9. The number of amides is 1. The number of benzene rings is 3. The normalized spacial score (nSPS) is 10.4. The molecule has 0 atom stereocenters. The van der Waals surface area contributed by atoms with Gasteiger partial charge in [0.25, 0.3) is 11.6 Å². The van der Waals surface area contributed by atoms with Crippen molar-refractivity contribution in [2.75, 3.05) is 12.4 Å². The molecule has 30 heavy (non-hydrogen) atoms. The maximum absolute atomic E-state index is 12.6. The van der Waals surface area contributed by atoms with Gasteiger partial charge in [0, 0.05) is 23.4 Å². The number of nitrogens with zero attached hydrogens (tertiary/aromatic N) is 1. The molecule has 0 saturated carbocycles. The van der Waals surface area contributed by atoms with Crippen molar-refractivity contribution in [3.05, 3.63) is 91.9 Å². The molecule has 1 amide bonds. The number of anilines is 1. The Morgan fingerprint density at radius 2 is 1.87 bits per heavy atom. The standard InChI is InChI=1S/C22H19BrN2O5/c1-14-6-8-15(9-7-14)13-30-21-19(23)10-16(11-20(21)29-2)22(26)24-17-4-3-5-18(12-17)25(27)28/h3-12H,13H2,1-2H3,(H,24,26). The number of carbonyl (C=O) groups excluding carboxylic acids is 1. The van der Waals surface area contributed by atoms with Gasteiger partial charge in [0.1, 0.15) is 6.61 Å². The highest BCUT2D eigenvalue weighted by Crippen LogP contribution is 2.37. The van der Waals surface area contributed by atoms with Crippen molar-refractivity contribution < 1.29 is 19.2 Å². The van der Waals surface area contributed by atoms with E-state index in [1.807, 2.05) is 31.2 Å². The molecule has 7 nitrogen and oxygen atoms in total. The molecular formula is C22H19BrN2O5. The number of nitrogens with one attached hydrogen (secondary N) is 1. The van der Waals surface area contributed by atoms with Crippen LogP contribution in [0.15, 0.2) is 65.1 Å². The van der Waals surface area contributed by atoms with Gasteiger partial charge in [-0.1, -0.05) is 35.9 Å². The first kappa shape index (κ1) is 21.3. The van der Waals surface area contributed by atoms with Crippen LogP contribution in [0.25, 0.3) is 0 Å². The molecule has 3 aromatic rings. The summed E-state index contributed by atoms with van der Waals surface area (Å²) >= 11 is 3.43. The van der Waals surface area contributed by atoms with E-state index in [2.05, 4.69) is 21.2 Å². The molecule has 154 valence electrons. The highest BCUT2D eigenvalue weighted by atomic mass is 79.9. The van der Waals surface area contributed by atoms with Crippen molar-refractivity contribution in [2.45, 2.75) is 13.5 Å². The fourth-order valence-electron chi connectivity index (χ4n) is 2.73. The first-order valence-corrected chi connectivity index (χ1v) is 9.78. The number of ether oxygens (including phenoxy) is 2. The molecule has 3 aromatic carbocycles. The zero-order chi connectivity index (χ0) is 21.7. The summed E-state index contributed by atoms with van der Waals surface area (Å²) in [6, 6.07) is 16.9. The predicted molar refractivity (Wildman–Crippen MR) is 117 cm³/mol. The summed E-state index contributed by atoms with van der Waals surface area (Å²) in [6.45, 7) is 2.36. The van der Waals surface area contributed by atoms with E-state index in [0.29, 0.717) is 33.8 Å². The number of hydrogen-bond acceptors (Lipinski definition) is 5. The van der Waals surface area contributed by atoms with Crippen LogP contribution >= 0.6 is 15.9 Å². The number of carbonyl (C=O) groups is 1. The average molecular weight is 471 g/mol. The minimum absolute atomic E-state index is 0.105. The third-order valence-electron chi connectivity index (χ3n) is 4.31. The summed E-state index contributed by atoms with van der Waals surface area (Å²) < 4.78 is 11.9. The first-order chi connectivity index (χ1) is 14.4. The van der Waals surface area contributed by atoms with Crippen molar-refractivity contribution in [1.82, 2.24) is 0 Å². The smallest absolute Gasteiger partial charge is 0.271 e. The summed E-state index contributed by atoms with van der Waals surface area (Å²) in [5, 5.41) is 13.6. The second-order valence-electron chi connectivity index (χ2n) is 6.53. The van der Waals surface area contributed by atoms with E-state index in [4.69, 9.17) is 9.47 Å². The number of non-ortho nitro benzene ring substituents is 1. The summed E-state index contributed by atoms with van der Waals surface area (Å²) in [4.78, 5) is 23.0. The fraction of sp³-hybridized carbons (Fsp3) is 0.136. The zero-order valence-electron chi connectivity index (χ0n) is 16.3.